The van der Waals surface area contributed by atoms with Crippen molar-refractivity contribution in [3.63, 3.8) is 0 Å². The molecule has 0 saturated heterocycles. The van der Waals surface area contributed by atoms with E-state index in [1.54, 1.807) is 12.4 Å². The Balaban J connectivity index is 2.62. The van der Waals surface area contributed by atoms with Gasteiger partial charge in [0.15, 0.2) is 0 Å². The lowest BCUT2D eigenvalue weighted by molar-refractivity contribution is 0.807. The number of nitrogens with one attached hydrogen (secondary N) is 1. The van der Waals surface area contributed by atoms with Crippen LogP contribution in [0.1, 0.15) is 25.5 Å². The number of aromatic nitrogens is 3. The first-order valence-electron chi connectivity index (χ1n) is 5.29. The normalized spacial score (nSPS) is 10.8. The van der Waals surface area contributed by atoms with Gasteiger partial charge in [-0.1, -0.05) is 26.1 Å². The SMILES string of the molecule is CC(C)c1[nH]c(-c2cccnc2)nc(=S)c1Br. The molecule has 0 aliphatic rings. The molecule has 2 aromatic rings. The summed E-state index contributed by atoms with van der Waals surface area (Å²) in [5, 5.41) is 0. The Morgan fingerprint density at radius 2 is 2.18 bits per heavy atom. The molecule has 0 amide bonds. The summed E-state index contributed by atoms with van der Waals surface area (Å²) in [5.41, 5.74) is 2.00. The average molecular weight is 310 g/mol. The van der Waals surface area contributed by atoms with Gasteiger partial charge in [0.1, 0.15) is 10.5 Å². The van der Waals surface area contributed by atoms with Gasteiger partial charge in [0.2, 0.25) is 0 Å². The van der Waals surface area contributed by atoms with Gasteiger partial charge in [-0.2, -0.15) is 0 Å². The van der Waals surface area contributed by atoms with Crippen molar-refractivity contribution in [2.75, 3.05) is 0 Å². The van der Waals surface area contributed by atoms with Gasteiger partial charge in [0, 0.05) is 23.7 Å². The van der Waals surface area contributed by atoms with E-state index in [2.05, 4.69) is 44.7 Å². The summed E-state index contributed by atoms with van der Waals surface area (Å²) in [4.78, 5) is 11.7. The maximum Gasteiger partial charge on any atom is 0.144 e. The molecule has 5 heteroatoms. The molecule has 0 spiro atoms. The second-order valence-corrected chi connectivity index (χ2v) is 5.19. The lowest BCUT2D eigenvalue weighted by atomic mass is 10.1. The second kappa shape index (κ2) is 5.06. The molecule has 2 rings (SSSR count). The Morgan fingerprint density at radius 1 is 1.41 bits per heavy atom. The molecule has 0 fully saturated rings. The summed E-state index contributed by atoms with van der Waals surface area (Å²) in [7, 11) is 0. The first-order chi connectivity index (χ1) is 8.09. The van der Waals surface area contributed by atoms with Gasteiger partial charge in [-0.25, -0.2) is 4.98 Å². The molecule has 0 saturated carbocycles. The molecular weight excluding hydrogens is 298 g/mol. The zero-order valence-corrected chi connectivity index (χ0v) is 12.0. The number of rotatable bonds is 2. The van der Waals surface area contributed by atoms with Gasteiger partial charge in [-0.15, -0.1) is 0 Å². The molecule has 1 N–H and O–H groups in total. The standard InChI is InChI=1S/C12H12BrN3S/c1-7(2)10-9(13)12(17)16-11(15-10)8-4-3-5-14-6-8/h3-7H,1-2H3,(H,15,16,17). The Morgan fingerprint density at radius 3 is 2.76 bits per heavy atom. The highest BCUT2D eigenvalue weighted by atomic mass is 79.9. The third-order valence-corrected chi connectivity index (χ3v) is 3.76. The number of hydrogen-bond acceptors (Lipinski definition) is 3. The molecule has 88 valence electrons. The van der Waals surface area contributed by atoms with Gasteiger partial charge in [0.05, 0.1) is 4.47 Å². The molecule has 0 atom stereocenters. The highest BCUT2D eigenvalue weighted by Crippen LogP contribution is 2.25. The maximum absolute atomic E-state index is 5.25. The van der Waals surface area contributed by atoms with Gasteiger partial charge in [0.25, 0.3) is 0 Å². The van der Waals surface area contributed by atoms with Crippen LogP contribution in [0.2, 0.25) is 0 Å². The molecule has 0 bridgehead atoms. The van der Waals surface area contributed by atoms with Crippen LogP contribution >= 0.6 is 28.1 Å². The number of pyridine rings is 1. The predicted octanol–water partition coefficient (Wildman–Crippen LogP) is 4.09. The van der Waals surface area contributed by atoms with E-state index in [1.165, 1.54) is 0 Å². The van der Waals surface area contributed by atoms with E-state index in [0.29, 0.717) is 10.6 Å². The third-order valence-electron chi connectivity index (χ3n) is 2.40. The zero-order valence-electron chi connectivity index (χ0n) is 9.57. The quantitative estimate of drug-likeness (QED) is 0.850. The van der Waals surface area contributed by atoms with Crippen LogP contribution in [0, 0.1) is 4.64 Å². The van der Waals surface area contributed by atoms with Crippen molar-refractivity contribution < 1.29 is 0 Å². The van der Waals surface area contributed by atoms with Gasteiger partial charge >= 0.3 is 0 Å². The van der Waals surface area contributed by atoms with Crippen LogP contribution in [0.3, 0.4) is 0 Å². The fourth-order valence-corrected chi connectivity index (χ4v) is 2.36. The molecular formula is C12H12BrN3S. The molecule has 0 aromatic carbocycles. The molecule has 0 radical (unpaired) electrons. The Kier molecular flexibility index (Phi) is 3.69. The van der Waals surface area contributed by atoms with Gasteiger partial charge in [-0.3, -0.25) is 4.98 Å². The topological polar surface area (TPSA) is 41.6 Å². The summed E-state index contributed by atoms with van der Waals surface area (Å²) in [5.74, 6) is 1.11. The summed E-state index contributed by atoms with van der Waals surface area (Å²) >= 11 is 8.72. The number of aromatic amines is 1. The van der Waals surface area contributed by atoms with Crippen molar-refractivity contribution >= 4 is 28.1 Å². The molecule has 2 aromatic heterocycles. The van der Waals surface area contributed by atoms with Gasteiger partial charge < -0.3 is 4.98 Å². The maximum atomic E-state index is 5.25. The van der Waals surface area contributed by atoms with Crippen LogP contribution in [-0.2, 0) is 0 Å². The van der Waals surface area contributed by atoms with Crippen LogP contribution in [-0.4, -0.2) is 15.0 Å². The van der Waals surface area contributed by atoms with Crippen LogP contribution < -0.4 is 0 Å². The van der Waals surface area contributed by atoms with E-state index in [9.17, 15) is 0 Å². The lowest BCUT2D eigenvalue weighted by Gasteiger charge is -2.11. The van der Waals surface area contributed by atoms with Crippen LogP contribution in [0.4, 0.5) is 0 Å². The smallest absolute Gasteiger partial charge is 0.144 e. The molecule has 0 unspecified atom stereocenters. The predicted molar refractivity (Wildman–Crippen MR) is 74.4 cm³/mol. The largest absolute Gasteiger partial charge is 0.342 e. The van der Waals surface area contributed by atoms with E-state index in [-0.39, 0.29) is 0 Å². The molecule has 0 aliphatic carbocycles. The van der Waals surface area contributed by atoms with E-state index < -0.39 is 0 Å². The first-order valence-corrected chi connectivity index (χ1v) is 6.50. The molecule has 0 aliphatic heterocycles. The Hall–Kier alpha value is -1.07. The van der Waals surface area contributed by atoms with Crippen LogP contribution in [0.15, 0.2) is 29.0 Å². The number of hydrogen-bond donors (Lipinski definition) is 1. The minimum absolute atomic E-state index is 0.351. The van der Waals surface area contributed by atoms with Crippen molar-refractivity contribution in [2.24, 2.45) is 0 Å². The number of halogens is 1. The summed E-state index contributed by atoms with van der Waals surface area (Å²) in [6.45, 7) is 4.22. The number of nitrogens with zero attached hydrogens (tertiary/aromatic N) is 2. The molecule has 2 heterocycles. The van der Waals surface area contributed by atoms with Crippen molar-refractivity contribution in [2.45, 2.75) is 19.8 Å². The number of H-pyrrole nitrogens is 1. The van der Waals surface area contributed by atoms with E-state index in [1.807, 2.05) is 12.1 Å². The van der Waals surface area contributed by atoms with E-state index in [4.69, 9.17) is 12.2 Å². The van der Waals surface area contributed by atoms with Crippen LogP contribution in [0.25, 0.3) is 11.4 Å². The molecule has 17 heavy (non-hydrogen) atoms. The fourth-order valence-electron chi connectivity index (χ4n) is 1.51. The van der Waals surface area contributed by atoms with Crippen molar-refractivity contribution in [3.8, 4) is 11.4 Å². The summed E-state index contributed by atoms with van der Waals surface area (Å²) in [6.07, 6.45) is 3.51. The van der Waals surface area contributed by atoms with Gasteiger partial charge in [-0.05, 0) is 34.0 Å². The minimum Gasteiger partial charge on any atom is -0.342 e. The highest BCUT2D eigenvalue weighted by Gasteiger charge is 2.10. The van der Waals surface area contributed by atoms with Crippen LogP contribution in [0.5, 0.6) is 0 Å². The Labute approximate surface area is 113 Å². The summed E-state index contributed by atoms with van der Waals surface area (Å²) in [6, 6.07) is 3.84. The molecule has 3 nitrogen and oxygen atoms in total. The monoisotopic (exact) mass is 309 g/mol. The fraction of sp³-hybridized carbons (Fsp3) is 0.250. The third kappa shape index (κ3) is 2.61. The lowest BCUT2D eigenvalue weighted by Crippen LogP contribution is -2.00. The van der Waals surface area contributed by atoms with Crippen molar-refractivity contribution in [1.82, 2.24) is 15.0 Å². The second-order valence-electron chi connectivity index (χ2n) is 4.01. The highest BCUT2D eigenvalue weighted by molar-refractivity contribution is 9.10. The first kappa shape index (κ1) is 12.4. The average Bonchev–Trinajstić information content (AvgIpc) is 2.33. The zero-order chi connectivity index (χ0) is 12.4. The van der Waals surface area contributed by atoms with Crippen molar-refractivity contribution in [3.05, 3.63) is 39.3 Å². The Bertz CT molecular complexity index is 578. The summed E-state index contributed by atoms with van der Waals surface area (Å²) < 4.78 is 1.45. The minimum atomic E-state index is 0.351. The van der Waals surface area contributed by atoms with E-state index >= 15 is 0 Å². The van der Waals surface area contributed by atoms with Crippen molar-refractivity contribution in [1.29, 1.82) is 0 Å². The van der Waals surface area contributed by atoms with E-state index in [0.717, 1.165) is 21.6 Å².